The Bertz CT molecular complexity index is 518. The number of hydrogen-bond donors (Lipinski definition) is 4. The van der Waals surface area contributed by atoms with Crippen LogP contribution in [0.2, 0.25) is 0 Å². The molecule has 3 aliphatic rings. The molecule has 1 unspecified atom stereocenters. The highest BCUT2D eigenvalue weighted by molar-refractivity contribution is 5.24. The fourth-order valence-electron chi connectivity index (χ4n) is 6.39. The van der Waals surface area contributed by atoms with E-state index in [4.69, 9.17) is 0 Å². The number of aliphatic hydroxyl groups excluding tert-OH is 4. The number of allylic oxidation sites excluding steroid dienone is 2. The summed E-state index contributed by atoms with van der Waals surface area (Å²) in [5.41, 5.74) is 0.919. The molecule has 0 aromatic carbocycles. The largest absolute Gasteiger partial charge is 0.396 e. The van der Waals surface area contributed by atoms with Gasteiger partial charge in [-0.15, -0.1) is 0 Å². The van der Waals surface area contributed by atoms with Crippen molar-refractivity contribution in [2.24, 2.45) is 28.1 Å². The van der Waals surface area contributed by atoms with Gasteiger partial charge in [-0.1, -0.05) is 32.4 Å². The van der Waals surface area contributed by atoms with Gasteiger partial charge in [0.25, 0.3) is 0 Å². The van der Waals surface area contributed by atoms with Crippen molar-refractivity contribution in [2.75, 3.05) is 13.2 Å². The van der Waals surface area contributed by atoms with Gasteiger partial charge in [0.05, 0.1) is 18.8 Å². The average Bonchev–Trinajstić information content (AvgIpc) is 2.52. The molecule has 3 rings (SSSR count). The minimum absolute atomic E-state index is 0.00469. The van der Waals surface area contributed by atoms with E-state index in [2.05, 4.69) is 26.8 Å². The first-order valence-corrected chi connectivity index (χ1v) is 9.45. The van der Waals surface area contributed by atoms with Crippen molar-refractivity contribution in [3.63, 3.8) is 0 Å². The molecule has 138 valence electrons. The van der Waals surface area contributed by atoms with Gasteiger partial charge in [-0.3, -0.25) is 0 Å². The van der Waals surface area contributed by atoms with Gasteiger partial charge in [0.1, 0.15) is 0 Å². The maximum absolute atomic E-state index is 10.5. The topological polar surface area (TPSA) is 80.9 Å². The maximum atomic E-state index is 10.5. The quantitative estimate of drug-likeness (QED) is 0.595. The van der Waals surface area contributed by atoms with Gasteiger partial charge in [-0.05, 0) is 66.6 Å². The van der Waals surface area contributed by atoms with Crippen molar-refractivity contribution in [1.82, 2.24) is 0 Å². The fraction of sp³-hybridized carbons (Fsp3) is 0.900. The third-order valence-corrected chi connectivity index (χ3v) is 7.82. The Kier molecular flexibility index (Phi) is 4.66. The third-order valence-electron chi connectivity index (χ3n) is 7.82. The molecule has 4 heteroatoms. The zero-order valence-corrected chi connectivity index (χ0v) is 15.3. The number of rotatable bonds is 3. The lowest BCUT2D eigenvalue weighted by atomic mass is 9.45. The van der Waals surface area contributed by atoms with Crippen LogP contribution in [0, 0.1) is 28.1 Å². The smallest absolute Gasteiger partial charge is 0.0827 e. The Morgan fingerprint density at radius 2 is 1.92 bits per heavy atom. The van der Waals surface area contributed by atoms with E-state index >= 15 is 0 Å². The van der Waals surface area contributed by atoms with E-state index in [1.54, 1.807) is 0 Å². The van der Waals surface area contributed by atoms with Gasteiger partial charge in [-0.25, -0.2) is 0 Å². The summed E-state index contributed by atoms with van der Waals surface area (Å²) in [4.78, 5) is 0. The SMILES string of the molecule is C[C@]1(C(O)CO)CC[C@@H]2C(=CC[C@@H]3[C@@](C)(CO)C[C@@H](O)C[C@@]23C)C1. The summed E-state index contributed by atoms with van der Waals surface area (Å²) in [6.07, 6.45) is 6.44. The predicted molar refractivity (Wildman–Crippen MR) is 93.3 cm³/mol. The van der Waals surface area contributed by atoms with E-state index in [9.17, 15) is 20.4 Å². The summed E-state index contributed by atoms with van der Waals surface area (Å²) in [7, 11) is 0. The Morgan fingerprint density at radius 3 is 2.54 bits per heavy atom. The van der Waals surface area contributed by atoms with Crippen LogP contribution in [0.1, 0.15) is 59.3 Å². The monoisotopic (exact) mass is 338 g/mol. The molecular weight excluding hydrogens is 304 g/mol. The normalized spacial score (nSPS) is 49.8. The van der Waals surface area contributed by atoms with Crippen LogP contribution in [0.3, 0.4) is 0 Å². The average molecular weight is 338 g/mol. The second-order valence-corrected chi connectivity index (χ2v) is 9.57. The summed E-state index contributed by atoms with van der Waals surface area (Å²) in [5, 5.41) is 40.1. The molecule has 0 bridgehead atoms. The zero-order chi connectivity index (χ0) is 17.8. The Balaban J connectivity index is 1.92. The molecule has 4 nitrogen and oxygen atoms in total. The van der Waals surface area contributed by atoms with E-state index in [1.165, 1.54) is 5.57 Å². The van der Waals surface area contributed by atoms with Gasteiger partial charge < -0.3 is 20.4 Å². The van der Waals surface area contributed by atoms with Crippen LogP contribution < -0.4 is 0 Å². The molecule has 0 amide bonds. The van der Waals surface area contributed by atoms with E-state index in [1.807, 2.05) is 0 Å². The van der Waals surface area contributed by atoms with Crippen LogP contribution in [0.25, 0.3) is 0 Å². The van der Waals surface area contributed by atoms with E-state index in [0.29, 0.717) is 18.3 Å². The minimum atomic E-state index is -0.676. The van der Waals surface area contributed by atoms with Gasteiger partial charge in [-0.2, -0.15) is 0 Å². The molecule has 2 fully saturated rings. The first-order chi connectivity index (χ1) is 11.2. The van der Waals surface area contributed by atoms with Crippen LogP contribution >= 0.6 is 0 Å². The maximum Gasteiger partial charge on any atom is 0.0827 e. The Hall–Kier alpha value is -0.420. The van der Waals surface area contributed by atoms with E-state index in [0.717, 1.165) is 32.1 Å². The molecule has 0 radical (unpaired) electrons. The van der Waals surface area contributed by atoms with E-state index < -0.39 is 6.10 Å². The molecule has 3 aliphatic carbocycles. The number of hydrogen-bond acceptors (Lipinski definition) is 4. The van der Waals surface area contributed by atoms with Crippen molar-refractivity contribution in [2.45, 2.75) is 71.5 Å². The molecule has 0 aliphatic heterocycles. The van der Waals surface area contributed by atoms with Crippen LogP contribution in [0.4, 0.5) is 0 Å². The van der Waals surface area contributed by atoms with Crippen LogP contribution in [-0.4, -0.2) is 45.8 Å². The zero-order valence-electron chi connectivity index (χ0n) is 15.3. The summed E-state index contributed by atoms with van der Waals surface area (Å²) < 4.78 is 0. The van der Waals surface area contributed by atoms with E-state index in [-0.39, 0.29) is 35.6 Å². The standard InChI is InChI=1S/C20H34O4/c1-18(17(24)11-21)7-6-15-13(8-18)4-5-16-19(2,12-22)9-14(23)10-20(15,16)3/h4,14-17,21-24H,5-12H2,1-3H3/t14-,15-,16-,17?,18+,19-,20+/m1/s1. The lowest BCUT2D eigenvalue weighted by Crippen LogP contribution is -2.56. The minimum Gasteiger partial charge on any atom is -0.396 e. The van der Waals surface area contributed by atoms with Crippen molar-refractivity contribution < 1.29 is 20.4 Å². The number of aliphatic hydroxyl groups is 4. The summed E-state index contributed by atoms with van der Waals surface area (Å²) in [6, 6.07) is 0. The molecular formula is C20H34O4. The van der Waals surface area contributed by atoms with Crippen molar-refractivity contribution in [3.05, 3.63) is 11.6 Å². The predicted octanol–water partition coefficient (Wildman–Crippen LogP) is 2.25. The highest BCUT2D eigenvalue weighted by Crippen LogP contribution is 2.63. The highest BCUT2D eigenvalue weighted by atomic mass is 16.3. The molecule has 0 heterocycles. The molecule has 0 spiro atoms. The Morgan fingerprint density at radius 1 is 1.21 bits per heavy atom. The lowest BCUT2D eigenvalue weighted by Gasteiger charge is -2.60. The van der Waals surface area contributed by atoms with Gasteiger partial charge in [0.15, 0.2) is 0 Å². The second kappa shape index (κ2) is 6.08. The molecule has 0 saturated heterocycles. The highest BCUT2D eigenvalue weighted by Gasteiger charge is 2.57. The van der Waals surface area contributed by atoms with Crippen LogP contribution in [-0.2, 0) is 0 Å². The summed E-state index contributed by atoms with van der Waals surface area (Å²) >= 11 is 0. The molecule has 7 atom stereocenters. The van der Waals surface area contributed by atoms with Crippen LogP contribution in [0.15, 0.2) is 11.6 Å². The first kappa shape index (κ1) is 18.4. The van der Waals surface area contributed by atoms with Crippen molar-refractivity contribution in [1.29, 1.82) is 0 Å². The summed E-state index contributed by atoms with van der Waals surface area (Å²) in [5.74, 6) is 0.801. The Labute approximate surface area is 145 Å². The first-order valence-electron chi connectivity index (χ1n) is 9.45. The number of fused-ring (bicyclic) bond motifs is 3. The molecule has 2 saturated carbocycles. The van der Waals surface area contributed by atoms with Crippen molar-refractivity contribution in [3.8, 4) is 0 Å². The van der Waals surface area contributed by atoms with Crippen molar-refractivity contribution >= 4 is 0 Å². The van der Waals surface area contributed by atoms with Gasteiger partial charge >= 0.3 is 0 Å². The van der Waals surface area contributed by atoms with Gasteiger partial charge in [0.2, 0.25) is 0 Å². The lowest BCUT2D eigenvalue weighted by molar-refractivity contribution is -0.130. The fourth-order valence-corrected chi connectivity index (χ4v) is 6.39. The summed E-state index contributed by atoms with van der Waals surface area (Å²) in [6.45, 7) is 6.44. The molecule has 0 aromatic heterocycles. The van der Waals surface area contributed by atoms with Gasteiger partial charge in [0, 0.05) is 6.61 Å². The molecule has 0 aromatic rings. The molecule has 24 heavy (non-hydrogen) atoms. The molecule has 4 N–H and O–H groups in total. The van der Waals surface area contributed by atoms with Crippen LogP contribution in [0.5, 0.6) is 0 Å². The second-order valence-electron chi connectivity index (χ2n) is 9.57. The third kappa shape index (κ3) is 2.66.